The standard InChI is InChI=1S/C23H26N4O3/c1-15-12-19(29-3)20(30-4)13-17(15)14-26(2)23(28)21-24-22(16-10-11-16)27(25-21)18-8-6-5-7-9-18/h5-9,12-13,16H,10-11,14H2,1-4H3. The van der Waals surface area contributed by atoms with Gasteiger partial charge in [0.1, 0.15) is 5.82 Å². The van der Waals surface area contributed by atoms with Crippen molar-refractivity contribution in [3.05, 3.63) is 65.2 Å². The molecule has 1 saturated carbocycles. The van der Waals surface area contributed by atoms with Gasteiger partial charge in [-0.1, -0.05) is 18.2 Å². The maximum atomic E-state index is 13.1. The molecule has 0 radical (unpaired) electrons. The molecule has 7 nitrogen and oxygen atoms in total. The molecule has 3 aromatic rings. The van der Waals surface area contributed by atoms with Gasteiger partial charge >= 0.3 is 0 Å². The Morgan fingerprint density at radius 1 is 1.13 bits per heavy atom. The quantitative estimate of drug-likeness (QED) is 0.598. The molecule has 0 bridgehead atoms. The molecule has 7 heteroatoms. The van der Waals surface area contributed by atoms with Gasteiger partial charge in [-0.3, -0.25) is 4.79 Å². The summed E-state index contributed by atoms with van der Waals surface area (Å²) in [7, 11) is 4.97. The number of hydrogen-bond acceptors (Lipinski definition) is 5. The zero-order valence-electron chi connectivity index (χ0n) is 17.8. The van der Waals surface area contributed by atoms with Crippen molar-refractivity contribution < 1.29 is 14.3 Å². The summed E-state index contributed by atoms with van der Waals surface area (Å²) >= 11 is 0. The highest BCUT2D eigenvalue weighted by Crippen LogP contribution is 2.39. The maximum Gasteiger partial charge on any atom is 0.293 e. The molecule has 0 N–H and O–H groups in total. The Kier molecular flexibility index (Phi) is 5.44. The van der Waals surface area contributed by atoms with Crippen LogP contribution in [0.3, 0.4) is 0 Å². The number of ether oxygens (including phenoxy) is 2. The average molecular weight is 406 g/mol. The summed E-state index contributed by atoms with van der Waals surface area (Å²) < 4.78 is 12.6. The summed E-state index contributed by atoms with van der Waals surface area (Å²) in [4.78, 5) is 19.4. The zero-order valence-corrected chi connectivity index (χ0v) is 17.8. The topological polar surface area (TPSA) is 69.5 Å². The average Bonchev–Trinajstić information content (AvgIpc) is 3.52. The molecule has 0 atom stereocenters. The van der Waals surface area contributed by atoms with Crippen molar-refractivity contribution in [3.63, 3.8) is 0 Å². The van der Waals surface area contributed by atoms with E-state index in [-0.39, 0.29) is 11.7 Å². The van der Waals surface area contributed by atoms with Gasteiger partial charge in [0.05, 0.1) is 19.9 Å². The second kappa shape index (κ2) is 8.18. The zero-order chi connectivity index (χ0) is 21.3. The van der Waals surface area contributed by atoms with Gasteiger partial charge in [0.2, 0.25) is 5.82 Å². The fourth-order valence-electron chi connectivity index (χ4n) is 3.47. The molecule has 2 aromatic carbocycles. The number of hydrogen-bond donors (Lipinski definition) is 0. The summed E-state index contributed by atoms with van der Waals surface area (Å²) in [6, 6.07) is 13.7. The number of carbonyl (C=O) groups excluding carboxylic acids is 1. The second-order valence-electron chi connectivity index (χ2n) is 7.61. The van der Waals surface area contributed by atoms with Gasteiger partial charge in [0.15, 0.2) is 11.5 Å². The van der Waals surface area contributed by atoms with Crippen LogP contribution in [-0.4, -0.2) is 46.8 Å². The summed E-state index contributed by atoms with van der Waals surface area (Å²) in [6.07, 6.45) is 2.17. The van der Waals surface area contributed by atoms with Crippen molar-refractivity contribution in [2.24, 2.45) is 0 Å². The van der Waals surface area contributed by atoms with Crippen LogP contribution in [0.4, 0.5) is 0 Å². The van der Waals surface area contributed by atoms with Gasteiger partial charge in [-0.15, -0.1) is 5.10 Å². The Hall–Kier alpha value is -3.35. The van der Waals surface area contributed by atoms with Crippen LogP contribution in [0.2, 0.25) is 0 Å². The fraction of sp³-hybridized carbons (Fsp3) is 0.348. The number of rotatable bonds is 7. The van der Waals surface area contributed by atoms with Crippen LogP contribution in [0, 0.1) is 6.92 Å². The van der Waals surface area contributed by atoms with Gasteiger partial charge in [-0.2, -0.15) is 0 Å². The molecule has 1 heterocycles. The first-order chi connectivity index (χ1) is 14.5. The summed E-state index contributed by atoms with van der Waals surface area (Å²) in [5.41, 5.74) is 2.92. The molecule has 1 aromatic heterocycles. The van der Waals surface area contributed by atoms with Crippen LogP contribution in [0.25, 0.3) is 5.69 Å². The number of nitrogens with zero attached hydrogens (tertiary/aromatic N) is 4. The van der Waals surface area contributed by atoms with E-state index in [0.717, 1.165) is 35.5 Å². The summed E-state index contributed by atoms with van der Waals surface area (Å²) in [5, 5.41) is 4.56. The first-order valence-electron chi connectivity index (χ1n) is 10.0. The minimum Gasteiger partial charge on any atom is -0.493 e. The van der Waals surface area contributed by atoms with Crippen LogP contribution in [0.15, 0.2) is 42.5 Å². The largest absolute Gasteiger partial charge is 0.493 e. The lowest BCUT2D eigenvalue weighted by Gasteiger charge is -2.18. The van der Waals surface area contributed by atoms with Gasteiger partial charge in [-0.05, 0) is 55.2 Å². The predicted molar refractivity (Wildman–Crippen MR) is 113 cm³/mol. The molecule has 0 saturated heterocycles. The van der Waals surface area contributed by atoms with Gasteiger partial charge < -0.3 is 14.4 Å². The molecule has 0 spiro atoms. The lowest BCUT2D eigenvalue weighted by atomic mass is 10.1. The van der Waals surface area contributed by atoms with Crippen molar-refractivity contribution in [2.45, 2.75) is 32.2 Å². The van der Waals surface area contributed by atoms with E-state index < -0.39 is 0 Å². The van der Waals surface area contributed by atoms with Crippen LogP contribution >= 0.6 is 0 Å². The first kappa shape index (κ1) is 19.9. The highest BCUT2D eigenvalue weighted by molar-refractivity contribution is 5.90. The van der Waals surface area contributed by atoms with E-state index in [4.69, 9.17) is 9.47 Å². The molecule has 0 aliphatic heterocycles. The van der Waals surface area contributed by atoms with Crippen molar-refractivity contribution in [3.8, 4) is 17.2 Å². The number of benzene rings is 2. The highest BCUT2D eigenvalue weighted by Gasteiger charge is 2.32. The summed E-state index contributed by atoms with van der Waals surface area (Å²) in [6.45, 7) is 2.41. The molecule has 156 valence electrons. The van der Waals surface area contributed by atoms with E-state index in [2.05, 4.69) is 10.1 Å². The predicted octanol–water partition coefficient (Wildman–Crippen LogP) is 3.74. The second-order valence-corrected chi connectivity index (χ2v) is 7.61. The Bertz CT molecular complexity index is 1060. The number of methoxy groups -OCH3 is 2. The van der Waals surface area contributed by atoms with Crippen molar-refractivity contribution in [2.75, 3.05) is 21.3 Å². The lowest BCUT2D eigenvalue weighted by molar-refractivity contribution is 0.0772. The minimum absolute atomic E-state index is 0.208. The molecule has 1 aliphatic carbocycles. The molecule has 1 amide bonds. The van der Waals surface area contributed by atoms with Gasteiger partial charge in [0.25, 0.3) is 5.91 Å². The highest BCUT2D eigenvalue weighted by atomic mass is 16.5. The number of carbonyl (C=O) groups is 1. The van der Waals surface area contributed by atoms with Crippen molar-refractivity contribution >= 4 is 5.91 Å². The third kappa shape index (κ3) is 3.87. The number of amides is 1. The number of para-hydroxylation sites is 1. The third-order valence-electron chi connectivity index (χ3n) is 5.36. The maximum absolute atomic E-state index is 13.1. The Labute approximate surface area is 176 Å². The SMILES string of the molecule is COc1cc(C)c(CN(C)C(=O)c2nc(C3CC3)n(-c3ccccc3)n2)cc1OC. The third-order valence-corrected chi connectivity index (χ3v) is 5.36. The van der Waals surface area contributed by atoms with E-state index in [1.54, 1.807) is 30.8 Å². The van der Waals surface area contributed by atoms with E-state index in [9.17, 15) is 4.79 Å². The molecule has 1 fully saturated rings. The smallest absolute Gasteiger partial charge is 0.293 e. The van der Waals surface area contributed by atoms with Gasteiger partial charge in [-0.25, -0.2) is 9.67 Å². The normalized spacial score (nSPS) is 13.2. The monoisotopic (exact) mass is 406 g/mol. The summed E-state index contributed by atoms with van der Waals surface area (Å²) in [5.74, 6) is 2.56. The van der Waals surface area contributed by atoms with E-state index >= 15 is 0 Å². The van der Waals surface area contributed by atoms with Crippen LogP contribution in [-0.2, 0) is 6.54 Å². The van der Waals surface area contributed by atoms with Crippen molar-refractivity contribution in [1.29, 1.82) is 0 Å². The molecule has 1 aliphatic rings. The Morgan fingerprint density at radius 3 is 2.43 bits per heavy atom. The molecular formula is C23H26N4O3. The van der Waals surface area contributed by atoms with Crippen molar-refractivity contribution in [1.82, 2.24) is 19.7 Å². The van der Waals surface area contributed by atoms with Crippen LogP contribution in [0.1, 0.15) is 46.3 Å². The van der Waals surface area contributed by atoms with Crippen LogP contribution in [0.5, 0.6) is 11.5 Å². The first-order valence-corrected chi connectivity index (χ1v) is 10.0. The Balaban J connectivity index is 1.59. The fourth-order valence-corrected chi connectivity index (χ4v) is 3.47. The van der Waals surface area contributed by atoms with E-state index in [1.165, 1.54) is 0 Å². The Morgan fingerprint density at radius 2 is 1.80 bits per heavy atom. The molecular weight excluding hydrogens is 380 g/mol. The molecule has 30 heavy (non-hydrogen) atoms. The lowest BCUT2D eigenvalue weighted by Crippen LogP contribution is -2.27. The number of aromatic nitrogens is 3. The minimum atomic E-state index is -0.208. The van der Waals surface area contributed by atoms with E-state index in [0.29, 0.717) is 24.0 Å². The van der Waals surface area contributed by atoms with Crippen LogP contribution < -0.4 is 9.47 Å². The van der Waals surface area contributed by atoms with E-state index in [1.807, 2.05) is 49.4 Å². The molecule has 0 unspecified atom stereocenters. The van der Waals surface area contributed by atoms with Gasteiger partial charge in [0, 0.05) is 19.5 Å². The molecule has 4 rings (SSSR count). The number of aryl methyl sites for hydroxylation is 1.